The molecule has 2 heterocycles. The third-order valence-electron chi connectivity index (χ3n) is 6.21. The second kappa shape index (κ2) is 6.99. The van der Waals surface area contributed by atoms with Crippen molar-refractivity contribution in [3.05, 3.63) is 12.2 Å². The topological polar surface area (TPSA) is 52.6 Å². The molecule has 1 aliphatic carbocycles. The van der Waals surface area contributed by atoms with Crippen LogP contribution in [0.4, 0.5) is 0 Å². The van der Waals surface area contributed by atoms with E-state index in [2.05, 4.69) is 20.4 Å². The summed E-state index contributed by atoms with van der Waals surface area (Å²) in [6, 6.07) is 0. The molecular formula is C20H30O4. The number of hydrogen-bond acceptors (Lipinski definition) is 4. The molecule has 2 saturated heterocycles. The molecule has 6 atom stereocenters. The first-order chi connectivity index (χ1) is 11.4. The maximum atomic E-state index is 12.3. The Balaban J connectivity index is 1.96. The first-order valence-electron chi connectivity index (χ1n) is 9.40. The van der Waals surface area contributed by atoms with E-state index < -0.39 is 0 Å². The monoisotopic (exact) mass is 334 g/mol. The third-order valence-corrected chi connectivity index (χ3v) is 6.21. The van der Waals surface area contributed by atoms with Gasteiger partial charge in [-0.2, -0.15) is 0 Å². The van der Waals surface area contributed by atoms with Gasteiger partial charge in [-0.15, -0.1) is 0 Å². The molecule has 0 aromatic carbocycles. The van der Waals surface area contributed by atoms with Gasteiger partial charge in [0.15, 0.2) is 0 Å². The molecule has 134 valence electrons. The standard InChI is InChI=1S/C20H30O4/c1-11(2)15-8-9-16(23-13(4)21)19-17-10-14(22)7-5-6-12(3)20(24-17)18(15)19/h11,15-20H,3,5-10H2,1-2,4H3/t15-,16+,17-,18-,19-,20+/m0/s1. The molecule has 0 aromatic rings. The zero-order chi connectivity index (χ0) is 17.4. The molecule has 3 rings (SSSR count). The van der Waals surface area contributed by atoms with Gasteiger partial charge in [-0.25, -0.2) is 0 Å². The van der Waals surface area contributed by atoms with Gasteiger partial charge in [-0.1, -0.05) is 20.4 Å². The summed E-state index contributed by atoms with van der Waals surface area (Å²) in [6.45, 7) is 10.3. The number of fused-ring (bicyclic) bond motifs is 5. The lowest BCUT2D eigenvalue weighted by atomic mass is 9.63. The van der Waals surface area contributed by atoms with E-state index in [1.165, 1.54) is 6.92 Å². The highest BCUT2D eigenvalue weighted by atomic mass is 16.6. The van der Waals surface area contributed by atoms with Gasteiger partial charge in [0.05, 0.1) is 12.2 Å². The summed E-state index contributed by atoms with van der Waals surface area (Å²) in [5, 5.41) is 0. The van der Waals surface area contributed by atoms with Crippen molar-refractivity contribution < 1.29 is 19.1 Å². The molecule has 0 N–H and O–H groups in total. The first kappa shape index (κ1) is 17.7. The number of esters is 1. The molecule has 3 aliphatic rings. The maximum absolute atomic E-state index is 12.3. The predicted molar refractivity (Wildman–Crippen MR) is 91.4 cm³/mol. The van der Waals surface area contributed by atoms with Crippen molar-refractivity contribution in [1.29, 1.82) is 0 Å². The molecule has 0 unspecified atom stereocenters. The Labute approximate surface area is 145 Å². The van der Waals surface area contributed by atoms with Crippen molar-refractivity contribution in [1.82, 2.24) is 0 Å². The van der Waals surface area contributed by atoms with E-state index in [0.29, 0.717) is 30.6 Å². The van der Waals surface area contributed by atoms with E-state index in [1.54, 1.807) is 0 Å². The van der Waals surface area contributed by atoms with Crippen LogP contribution in [0, 0.1) is 23.7 Å². The second-order valence-electron chi connectivity index (χ2n) is 8.14. The lowest BCUT2D eigenvalue weighted by molar-refractivity contribution is -0.154. The van der Waals surface area contributed by atoms with E-state index in [0.717, 1.165) is 31.3 Å². The Kier molecular flexibility index (Phi) is 5.14. The Bertz CT molecular complexity index is 524. The average Bonchev–Trinajstić information content (AvgIpc) is 2.88. The fourth-order valence-electron chi connectivity index (χ4n) is 5.22. The van der Waals surface area contributed by atoms with Crippen molar-refractivity contribution in [2.45, 2.75) is 77.6 Å². The molecule has 2 aliphatic heterocycles. The summed E-state index contributed by atoms with van der Waals surface area (Å²) >= 11 is 0. The van der Waals surface area contributed by atoms with Crippen molar-refractivity contribution in [3.8, 4) is 0 Å². The molecule has 24 heavy (non-hydrogen) atoms. The zero-order valence-electron chi connectivity index (χ0n) is 15.1. The number of ketones is 1. The number of ether oxygens (including phenoxy) is 2. The fourth-order valence-corrected chi connectivity index (χ4v) is 5.22. The summed E-state index contributed by atoms with van der Waals surface area (Å²) in [5.41, 5.74) is 1.12. The Morgan fingerprint density at radius 3 is 2.67 bits per heavy atom. The minimum atomic E-state index is -0.235. The van der Waals surface area contributed by atoms with Crippen LogP contribution in [-0.2, 0) is 19.1 Å². The average molecular weight is 334 g/mol. The van der Waals surface area contributed by atoms with Crippen molar-refractivity contribution in [3.63, 3.8) is 0 Å². The van der Waals surface area contributed by atoms with Gasteiger partial charge < -0.3 is 9.47 Å². The fraction of sp³-hybridized carbons (Fsp3) is 0.800. The second-order valence-corrected chi connectivity index (χ2v) is 8.14. The normalized spacial score (nSPS) is 39.8. The van der Waals surface area contributed by atoms with Crippen LogP contribution in [0.1, 0.15) is 59.3 Å². The minimum absolute atomic E-state index is 0.0108. The molecule has 1 saturated carbocycles. The summed E-state index contributed by atoms with van der Waals surface area (Å²) in [7, 11) is 0. The number of hydrogen-bond donors (Lipinski definition) is 0. The largest absolute Gasteiger partial charge is 0.462 e. The quantitative estimate of drug-likeness (QED) is 0.571. The summed E-state index contributed by atoms with van der Waals surface area (Å²) in [6.07, 6.45) is 4.46. The van der Waals surface area contributed by atoms with E-state index in [-0.39, 0.29) is 36.0 Å². The van der Waals surface area contributed by atoms with E-state index in [9.17, 15) is 9.59 Å². The number of carbonyl (C=O) groups is 2. The van der Waals surface area contributed by atoms with Crippen LogP contribution in [-0.4, -0.2) is 30.1 Å². The van der Waals surface area contributed by atoms with Crippen LogP contribution in [0.5, 0.6) is 0 Å². The van der Waals surface area contributed by atoms with Gasteiger partial charge in [-0.05, 0) is 43.1 Å². The molecule has 3 fully saturated rings. The molecule has 4 heteroatoms. The van der Waals surface area contributed by atoms with Gasteiger partial charge in [0, 0.05) is 31.6 Å². The van der Waals surface area contributed by atoms with Crippen LogP contribution in [0.25, 0.3) is 0 Å². The lowest BCUT2D eigenvalue weighted by Gasteiger charge is -2.43. The summed E-state index contributed by atoms with van der Waals surface area (Å²) in [4.78, 5) is 23.9. The van der Waals surface area contributed by atoms with Gasteiger partial charge in [0.2, 0.25) is 0 Å². The molecule has 0 aromatic heterocycles. The van der Waals surface area contributed by atoms with Crippen molar-refractivity contribution in [2.75, 3.05) is 0 Å². The van der Waals surface area contributed by atoms with Gasteiger partial charge in [0.1, 0.15) is 11.9 Å². The molecule has 0 amide bonds. The zero-order valence-corrected chi connectivity index (χ0v) is 15.1. The van der Waals surface area contributed by atoms with Crippen LogP contribution in [0.3, 0.4) is 0 Å². The van der Waals surface area contributed by atoms with Crippen LogP contribution < -0.4 is 0 Å². The smallest absolute Gasteiger partial charge is 0.302 e. The number of rotatable bonds is 2. The maximum Gasteiger partial charge on any atom is 0.302 e. The van der Waals surface area contributed by atoms with Gasteiger partial charge >= 0.3 is 5.97 Å². The molecule has 0 spiro atoms. The third kappa shape index (κ3) is 3.30. The molecule has 4 nitrogen and oxygen atoms in total. The lowest BCUT2D eigenvalue weighted by Crippen LogP contribution is -2.46. The minimum Gasteiger partial charge on any atom is -0.462 e. The van der Waals surface area contributed by atoms with Crippen molar-refractivity contribution in [2.24, 2.45) is 23.7 Å². The summed E-state index contributed by atoms with van der Waals surface area (Å²) < 4.78 is 12.1. The Morgan fingerprint density at radius 1 is 1.25 bits per heavy atom. The number of carbonyl (C=O) groups excluding carboxylic acids is 2. The number of Topliss-reactive ketones (excluding diaryl/α,β-unsaturated/α-hetero) is 1. The Hall–Kier alpha value is -1.16. The molecule has 0 radical (unpaired) electrons. The summed E-state index contributed by atoms with van der Waals surface area (Å²) in [5.74, 6) is 1.55. The highest BCUT2D eigenvalue weighted by molar-refractivity contribution is 5.79. The van der Waals surface area contributed by atoms with Gasteiger partial charge in [-0.3, -0.25) is 9.59 Å². The Morgan fingerprint density at radius 2 is 2.00 bits per heavy atom. The van der Waals surface area contributed by atoms with E-state index in [1.807, 2.05) is 0 Å². The first-order valence-corrected chi connectivity index (χ1v) is 9.40. The highest BCUT2D eigenvalue weighted by Gasteiger charge is 2.55. The highest BCUT2D eigenvalue weighted by Crippen LogP contribution is 2.52. The van der Waals surface area contributed by atoms with Crippen LogP contribution >= 0.6 is 0 Å². The van der Waals surface area contributed by atoms with Crippen LogP contribution in [0.2, 0.25) is 0 Å². The predicted octanol–water partition coefficient (Wildman–Crippen LogP) is 3.68. The van der Waals surface area contributed by atoms with Crippen LogP contribution in [0.15, 0.2) is 12.2 Å². The van der Waals surface area contributed by atoms with E-state index >= 15 is 0 Å². The van der Waals surface area contributed by atoms with E-state index in [4.69, 9.17) is 9.47 Å². The molecular weight excluding hydrogens is 304 g/mol. The SMILES string of the molecule is C=C1CCCC(=O)C[C@@H]2O[C@H]1[C@@H]1[C@H]2[C@H](OC(C)=O)CC[C@H]1C(C)C. The van der Waals surface area contributed by atoms with Crippen molar-refractivity contribution >= 4 is 11.8 Å². The van der Waals surface area contributed by atoms with Gasteiger partial charge in [0.25, 0.3) is 0 Å². The molecule has 2 bridgehead atoms.